The molecular formula is C138H146N4O4+4. The van der Waals surface area contributed by atoms with Gasteiger partial charge in [-0.15, -0.1) is 0 Å². The highest BCUT2D eigenvalue weighted by atomic mass is 16.3. The number of benzene rings is 12. The van der Waals surface area contributed by atoms with Crippen molar-refractivity contribution in [3.63, 3.8) is 0 Å². The van der Waals surface area contributed by atoms with Crippen molar-refractivity contribution in [2.24, 2.45) is 40.0 Å². The lowest BCUT2D eigenvalue weighted by Gasteiger charge is -2.35. The van der Waals surface area contributed by atoms with Gasteiger partial charge in [-0.05, 0) is 311 Å². The Bertz CT molecular complexity index is 8700. The number of nitrogens with zero attached hydrogens (tertiary/aromatic N) is 4. The van der Waals surface area contributed by atoms with Gasteiger partial charge in [0.15, 0.2) is 24.8 Å². The SMILES string of the molecule is CCC1(CC)c2ccccc2-c2cc3c(cc21)oc1c(-c2cc(C(C)C)c(C)c[n+]2C)c(C)ccc13.Cc1c[n+](C)c(-c2c(C)ccc3c2oc2cc4c(cc23)-c2ccccc2C4(C)C)cc1C(C)C.Cc1c[n+](C)c(-c2c(C)ccc3c2oc2cc4c(cc23)C(CC(C)C)(CC(C)C)c2ccccc2-4)cc1C(C)C.Cc1c[n+](C)c(-c2c(C)ccc3c2oc2cc4c(cc23)C2(CCCC2)c2ccccc2-4)cc1C(C)C. The average Bonchev–Trinajstić information content (AvgIpc) is 1.55. The van der Waals surface area contributed by atoms with E-state index in [2.05, 4.69) is 456 Å². The maximum atomic E-state index is 6.86. The van der Waals surface area contributed by atoms with E-state index >= 15 is 0 Å². The topological polar surface area (TPSA) is 68.1 Å². The Hall–Kier alpha value is -13.6. The highest BCUT2D eigenvalue weighted by Gasteiger charge is 2.49. The van der Waals surface area contributed by atoms with Crippen LogP contribution in [-0.4, -0.2) is 0 Å². The maximum absolute atomic E-state index is 6.86. The van der Waals surface area contributed by atoms with Crippen molar-refractivity contribution < 1.29 is 35.9 Å². The predicted octanol–water partition coefficient (Wildman–Crippen LogP) is 35.9. The Labute approximate surface area is 864 Å². The second kappa shape index (κ2) is 36.2. The molecule has 8 heteroatoms. The first-order valence-corrected chi connectivity index (χ1v) is 54.3. The molecule has 5 aliphatic carbocycles. The molecule has 5 aliphatic rings. The van der Waals surface area contributed by atoms with E-state index in [9.17, 15) is 0 Å². The number of pyridine rings is 4. The maximum Gasteiger partial charge on any atom is 0.216 e. The Morgan fingerprint density at radius 2 is 0.534 bits per heavy atom. The molecule has 0 atom stereocenters. The van der Waals surface area contributed by atoms with Crippen LogP contribution in [0.1, 0.15) is 297 Å². The van der Waals surface area contributed by atoms with Crippen LogP contribution in [0.4, 0.5) is 0 Å². The summed E-state index contributed by atoms with van der Waals surface area (Å²) in [5.41, 5.74) is 56.2. The minimum absolute atomic E-state index is 0.0229. The van der Waals surface area contributed by atoms with Gasteiger partial charge < -0.3 is 17.7 Å². The fourth-order valence-electron chi connectivity index (χ4n) is 28.2. The second-order valence-corrected chi connectivity index (χ2v) is 46.9. The lowest BCUT2D eigenvalue weighted by molar-refractivity contribution is -0.660. The van der Waals surface area contributed by atoms with Crippen LogP contribution in [0.15, 0.2) is 261 Å². The van der Waals surface area contributed by atoms with Crippen molar-refractivity contribution in [1.82, 2.24) is 0 Å². The van der Waals surface area contributed by atoms with Gasteiger partial charge in [0.05, 0.1) is 22.3 Å². The van der Waals surface area contributed by atoms with Crippen LogP contribution in [-0.2, 0) is 49.9 Å². The number of hydrogen-bond acceptors (Lipinski definition) is 4. The molecule has 12 aromatic carbocycles. The normalized spacial score (nSPS) is 14.6. The van der Waals surface area contributed by atoms with Crippen LogP contribution in [0.25, 0.3) is 177 Å². The second-order valence-electron chi connectivity index (χ2n) is 46.9. The first-order valence-electron chi connectivity index (χ1n) is 54.3. The van der Waals surface area contributed by atoms with E-state index in [4.69, 9.17) is 17.7 Å². The molecule has 0 saturated heterocycles. The van der Waals surface area contributed by atoms with Crippen molar-refractivity contribution >= 4 is 87.8 Å². The Morgan fingerprint density at radius 3 is 0.884 bits per heavy atom. The molecule has 1 fully saturated rings. The predicted molar refractivity (Wildman–Crippen MR) is 610 cm³/mol. The number of rotatable bonds is 14. The Balaban J connectivity index is 0.000000111. The molecule has 0 bridgehead atoms. The third-order valence-corrected chi connectivity index (χ3v) is 35.0. The third-order valence-electron chi connectivity index (χ3n) is 35.0. The van der Waals surface area contributed by atoms with Gasteiger partial charge in [-0.2, -0.15) is 0 Å². The zero-order chi connectivity index (χ0) is 103. The summed E-state index contributed by atoms with van der Waals surface area (Å²) < 4.78 is 36.2. The molecule has 1 spiro atoms. The van der Waals surface area contributed by atoms with Crippen LogP contribution < -0.4 is 18.3 Å². The Kier molecular flexibility index (Phi) is 24.1. The summed E-state index contributed by atoms with van der Waals surface area (Å²) in [7, 11) is 8.60. The monoisotopic (exact) mass is 1920 g/mol. The largest absolute Gasteiger partial charge is 0.455 e. The molecule has 0 amide bonds. The molecule has 0 unspecified atom stereocenters. The minimum Gasteiger partial charge on any atom is -0.455 e. The number of aryl methyl sites for hydroxylation is 12. The van der Waals surface area contributed by atoms with Crippen molar-refractivity contribution in [3.05, 3.63) is 354 Å². The van der Waals surface area contributed by atoms with Crippen molar-refractivity contribution in [2.45, 2.75) is 263 Å². The third kappa shape index (κ3) is 15.2. The summed E-state index contributed by atoms with van der Waals surface area (Å²) in [6, 6.07) is 82.6. The number of hydrogen-bond donors (Lipinski definition) is 0. The summed E-state index contributed by atoms with van der Waals surface area (Å²) in [4.78, 5) is 0. The van der Waals surface area contributed by atoms with Crippen LogP contribution in [0.3, 0.4) is 0 Å². The van der Waals surface area contributed by atoms with E-state index in [1.807, 2.05) is 0 Å². The van der Waals surface area contributed by atoms with Crippen LogP contribution in [0, 0.1) is 67.2 Å². The minimum atomic E-state index is -0.0343. The van der Waals surface area contributed by atoms with Gasteiger partial charge in [-0.3, -0.25) is 0 Å². The van der Waals surface area contributed by atoms with Gasteiger partial charge in [-0.25, -0.2) is 18.3 Å². The number of aromatic nitrogens is 4. The zero-order valence-electron chi connectivity index (χ0n) is 91.6. The molecule has 1 saturated carbocycles. The molecule has 8 nitrogen and oxygen atoms in total. The number of furan rings is 4. The zero-order valence-corrected chi connectivity index (χ0v) is 91.6. The first kappa shape index (κ1) is 97.2. The number of fused-ring (bicyclic) bond motifs is 26. The molecule has 8 aromatic heterocycles. The van der Waals surface area contributed by atoms with Crippen LogP contribution in [0.2, 0.25) is 0 Å². The van der Waals surface area contributed by atoms with Crippen LogP contribution in [0.5, 0.6) is 0 Å². The molecule has 0 aliphatic heterocycles. The van der Waals surface area contributed by atoms with Crippen molar-refractivity contribution in [3.8, 4) is 89.5 Å². The molecule has 0 N–H and O–H groups in total. The lowest BCUT2D eigenvalue weighted by Crippen LogP contribution is -2.32. The lowest BCUT2D eigenvalue weighted by atomic mass is 9.68. The van der Waals surface area contributed by atoms with Gasteiger partial charge in [0.25, 0.3) is 0 Å². The smallest absolute Gasteiger partial charge is 0.216 e. The molecule has 146 heavy (non-hydrogen) atoms. The molecular weight excluding hydrogens is 1780 g/mol. The summed E-state index contributed by atoms with van der Waals surface area (Å²) in [6.07, 6.45) is 18.6. The molecule has 8 heterocycles. The summed E-state index contributed by atoms with van der Waals surface area (Å²) in [6.45, 7) is 54.6. The van der Waals surface area contributed by atoms with E-state index in [-0.39, 0.29) is 21.7 Å². The van der Waals surface area contributed by atoms with Gasteiger partial charge >= 0.3 is 0 Å². The fraction of sp³-hybridized carbons (Fsp3) is 0.333. The van der Waals surface area contributed by atoms with Crippen LogP contribution >= 0.6 is 0 Å². The fourth-order valence-corrected chi connectivity index (χ4v) is 28.2. The highest BCUT2D eigenvalue weighted by Crippen LogP contribution is 2.62. The average molecular weight is 1920 g/mol. The highest BCUT2D eigenvalue weighted by molar-refractivity contribution is 6.16. The molecule has 20 aromatic rings. The van der Waals surface area contributed by atoms with E-state index in [0.29, 0.717) is 35.5 Å². The van der Waals surface area contributed by atoms with Gasteiger partial charge in [0.1, 0.15) is 72.9 Å². The summed E-state index contributed by atoms with van der Waals surface area (Å²) >= 11 is 0. The molecule has 25 rings (SSSR count). The van der Waals surface area contributed by atoms with Gasteiger partial charge in [0, 0.05) is 111 Å². The molecule has 0 radical (unpaired) electrons. The van der Waals surface area contributed by atoms with E-state index in [1.165, 1.54) is 270 Å². The summed E-state index contributed by atoms with van der Waals surface area (Å²) in [5, 5.41) is 9.72. The van der Waals surface area contributed by atoms with Crippen molar-refractivity contribution in [2.75, 3.05) is 0 Å². The quantitative estimate of drug-likeness (QED) is 0.102. The first-order chi connectivity index (χ1) is 69.9. The Morgan fingerprint density at radius 1 is 0.260 bits per heavy atom. The van der Waals surface area contributed by atoms with Gasteiger partial charge in [-0.1, -0.05) is 269 Å². The van der Waals surface area contributed by atoms with E-state index < -0.39 is 0 Å². The van der Waals surface area contributed by atoms with E-state index in [1.54, 1.807) is 0 Å². The van der Waals surface area contributed by atoms with E-state index in [0.717, 1.165) is 70.3 Å². The molecule has 738 valence electrons. The summed E-state index contributed by atoms with van der Waals surface area (Å²) in [5.74, 6) is 3.08. The standard InChI is InChI=1S/C38H44NO.C34H34NO.C34H36NO.C32H32NO/c1-22(2)19-38(20-23(3)4)32-13-11-10-12-27(32)30-18-35-31(16-33(30)38)28-15-14-25(7)36(37(28)40-35)34-17-29(24(5)6)26(8)21-39(34)9;1-20(2)25-17-30(35(5)19-22(25)4)32-21(3)12-13-24-27-16-29-26(18-31(27)36-33(24)32)23-10-6-7-11-28(23)34(29)14-8-9-15-34;1-8-34(9-2)28-13-11-10-12-23(28)26-16-27-24-15-14-21(5)32(33(24)36-31(27)18-29(26)34)30-17-25(20(3)4)22(6)19-35(30)7;1-18(2)23-15-28(33(7)17-20(23)4)30-19(3)12-13-22-25-14-24-21-10-8-9-11-26(21)32(5,6)27(24)16-29(25)34-31(22)30/h10-18,21-24H,19-20H2,1-9H3;6-7,10-13,16-20H,8-9,14-15H2,1-5H3;10-20H,8-9H2,1-7H3;8-18H,1-7H3/q4*+1. The van der Waals surface area contributed by atoms with Gasteiger partial charge in [0.2, 0.25) is 22.8 Å². The van der Waals surface area contributed by atoms with Crippen molar-refractivity contribution in [1.29, 1.82) is 0 Å².